The van der Waals surface area contributed by atoms with Crippen LogP contribution in [0.5, 0.6) is 11.6 Å². The molecule has 1 aliphatic heterocycles. The summed E-state index contributed by atoms with van der Waals surface area (Å²) in [7, 11) is 0. The highest BCUT2D eigenvalue weighted by molar-refractivity contribution is 6.08. The van der Waals surface area contributed by atoms with Gasteiger partial charge in [-0.3, -0.25) is 4.79 Å². The van der Waals surface area contributed by atoms with Crippen LogP contribution < -0.4 is 10.1 Å². The van der Waals surface area contributed by atoms with Crippen molar-refractivity contribution in [1.82, 2.24) is 4.98 Å². The van der Waals surface area contributed by atoms with Gasteiger partial charge in [0.2, 0.25) is 5.88 Å². The molecule has 90 valence electrons. The molecular weight excluding hydrogens is 228 g/mol. The monoisotopic (exact) mass is 240 g/mol. The Labute approximate surface area is 105 Å². The molecule has 4 nitrogen and oxygen atoms in total. The van der Waals surface area contributed by atoms with Gasteiger partial charge in [-0.1, -0.05) is 12.1 Å². The van der Waals surface area contributed by atoms with Crippen LogP contribution in [0.2, 0.25) is 0 Å². The Morgan fingerprint density at radius 2 is 2.00 bits per heavy atom. The standard InChI is InChI=1S/C14H12N2O2/c1-8-7-9(2)15-14-12(8)16-13(17)10-5-3-4-6-11(10)18-14/h3-7H,1-2H3,(H,16,17). The summed E-state index contributed by atoms with van der Waals surface area (Å²) in [5, 5.41) is 2.85. The van der Waals surface area contributed by atoms with Gasteiger partial charge in [0.05, 0.1) is 5.56 Å². The Balaban J connectivity index is 2.21. The molecule has 0 unspecified atom stereocenters. The average Bonchev–Trinajstić information content (AvgIpc) is 2.47. The summed E-state index contributed by atoms with van der Waals surface area (Å²) >= 11 is 0. The fraction of sp³-hybridized carbons (Fsp3) is 0.143. The van der Waals surface area contributed by atoms with Crippen molar-refractivity contribution in [3.05, 3.63) is 47.2 Å². The SMILES string of the molecule is Cc1cc(C)c2c(n1)Oc1ccccc1C(=O)N2. The number of pyridine rings is 1. The lowest BCUT2D eigenvalue weighted by Crippen LogP contribution is -2.11. The summed E-state index contributed by atoms with van der Waals surface area (Å²) in [5.41, 5.74) is 2.97. The number of rotatable bonds is 0. The summed E-state index contributed by atoms with van der Waals surface area (Å²) in [6, 6.07) is 9.06. The van der Waals surface area contributed by atoms with Crippen molar-refractivity contribution in [3.63, 3.8) is 0 Å². The predicted molar refractivity (Wildman–Crippen MR) is 68.2 cm³/mol. The number of nitrogens with one attached hydrogen (secondary N) is 1. The van der Waals surface area contributed by atoms with Gasteiger partial charge in [-0.15, -0.1) is 0 Å². The van der Waals surface area contributed by atoms with Crippen molar-refractivity contribution in [1.29, 1.82) is 0 Å². The van der Waals surface area contributed by atoms with Gasteiger partial charge in [0.25, 0.3) is 5.91 Å². The lowest BCUT2D eigenvalue weighted by Gasteiger charge is -2.09. The van der Waals surface area contributed by atoms with Gasteiger partial charge in [0.15, 0.2) is 0 Å². The van der Waals surface area contributed by atoms with Crippen molar-refractivity contribution in [2.24, 2.45) is 0 Å². The van der Waals surface area contributed by atoms with Gasteiger partial charge in [0.1, 0.15) is 11.4 Å². The molecule has 0 bridgehead atoms. The minimum atomic E-state index is -0.168. The van der Waals surface area contributed by atoms with Crippen molar-refractivity contribution >= 4 is 11.6 Å². The first-order valence-electron chi connectivity index (χ1n) is 5.71. The van der Waals surface area contributed by atoms with Crippen LogP contribution in [0.1, 0.15) is 21.6 Å². The van der Waals surface area contributed by atoms with E-state index in [4.69, 9.17) is 4.74 Å². The number of carbonyl (C=O) groups excluding carboxylic acids is 1. The van der Waals surface area contributed by atoms with Crippen LogP contribution in [0, 0.1) is 13.8 Å². The highest BCUT2D eigenvalue weighted by atomic mass is 16.5. The van der Waals surface area contributed by atoms with Crippen LogP contribution in [0.4, 0.5) is 5.69 Å². The number of aryl methyl sites for hydroxylation is 2. The van der Waals surface area contributed by atoms with Crippen molar-refractivity contribution in [3.8, 4) is 11.6 Å². The van der Waals surface area contributed by atoms with E-state index in [-0.39, 0.29) is 5.91 Å². The molecule has 3 rings (SSSR count). The number of amides is 1. The van der Waals surface area contributed by atoms with Gasteiger partial charge in [-0.25, -0.2) is 4.98 Å². The summed E-state index contributed by atoms with van der Waals surface area (Å²) in [6.07, 6.45) is 0. The molecule has 0 atom stereocenters. The lowest BCUT2D eigenvalue weighted by atomic mass is 10.2. The molecular formula is C14H12N2O2. The molecule has 1 aromatic heterocycles. The number of hydrogen-bond acceptors (Lipinski definition) is 3. The zero-order chi connectivity index (χ0) is 12.7. The van der Waals surface area contributed by atoms with E-state index in [1.54, 1.807) is 12.1 Å². The van der Waals surface area contributed by atoms with Crippen LogP contribution in [-0.4, -0.2) is 10.9 Å². The van der Waals surface area contributed by atoms with Crippen molar-refractivity contribution in [2.75, 3.05) is 5.32 Å². The Morgan fingerprint density at radius 3 is 2.83 bits per heavy atom. The van der Waals surface area contributed by atoms with E-state index < -0.39 is 0 Å². The lowest BCUT2D eigenvalue weighted by molar-refractivity contribution is 0.102. The zero-order valence-corrected chi connectivity index (χ0v) is 10.2. The van der Waals surface area contributed by atoms with Crippen molar-refractivity contribution in [2.45, 2.75) is 13.8 Å². The second kappa shape index (κ2) is 3.84. The maximum absolute atomic E-state index is 12.1. The number of aromatic nitrogens is 1. The van der Waals surface area contributed by atoms with Crippen LogP contribution in [0.25, 0.3) is 0 Å². The van der Waals surface area contributed by atoms with Crippen LogP contribution in [0.15, 0.2) is 30.3 Å². The van der Waals surface area contributed by atoms with Crippen LogP contribution in [0.3, 0.4) is 0 Å². The highest BCUT2D eigenvalue weighted by Crippen LogP contribution is 2.36. The summed E-state index contributed by atoms with van der Waals surface area (Å²) < 4.78 is 5.74. The molecule has 0 saturated heterocycles. The zero-order valence-electron chi connectivity index (χ0n) is 10.2. The molecule has 0 aliphatic carbocycles. The third-order valence-corrected chi connectivity index (χ3v) is 2.89. The third-order valence-electron chi connectivity index (χ3n) is 2.89. The van der Waals surface area contributed by atoms with Gasteiger partial charge in [-0.2, -0.15) is 0 Å². The normalized spacial score (nSPS) is 12.9. The molecule has 1 aromatic carbocycles. The van der Waals surface area contributed by atoms with E-state index in [9.17, 15) is 4.79 Å². The van der Waals surface area contributed by atoms with Crippen LogP contribution >= 0.6 is 0 Å². The van der Waals surface area contributed by atoms with E-state index in [0.717, 1.165) is 11.3 Å². The second-order valence-electron chi connectivity index (χ2n) is 4.31. The van der Waals surface area contributed by atoms with E-state index >= 15 is 0 Å². The first-order valence-corrected chi connectivity index (χ1v) is 5.71. The van der Waals surface area contributed by atoms with Gasteiger partial charge >= 0.3 is 0 Å². The first-order chi connectivity index (χ1) is 8.65. The molecule has 1 amide bonds. The Bertz CT molecular complexity index is 650. The Kier molecular flexibility index (Phi) is 2.30. The maximum atomic E-state index is 12.1. The fourth-order valence-corrected chi connectivity index (χ4v) is 2.06. The predicted octanol–water partition coefficient (Wildman–Crippen LogP) is 3.06. The molecule has 0 spiro atoms. The number of hydrogen-bond donors (Lipinski definition) is 1. The van der Waals surface area contributed by atoms with Gasteiger partial charge < -0.3 is 10.1 Å². The van der Waals surface area contributed by atoms with Crippen molar-refractivity contribution < 1.29 is 9.53 Å². The van der Waals surface area contributed by atoms with E-state index in [1.807, 2.05) is 32.0 Å². The summed E-state index contributed by atoms with van der Waals surface area (Å²) in [6.45, 7) is 3.82. The Morgan fingerprint density at radius 1 is 1.22 bits per heavy atom. The van der Waals surface area contributed by atoms with Gasteiger partial charge in [0, 0.05) is 5.69 Å². The van der Waals surface area contributed by atoms with E-state index in [0.29, 0.717) is 22.9 Å². The number of para-hydroxylation sites is 1. The minimum Gasteiger partial charge on any atom is -0.436 e. The molecule has 1 aliphatic rings. The fourth-order valence-electron chi connectivity index (χ4n) is 2.06. The maximum Gasteiger partial charge on any atom is 0.259 e. The topological polar surface area (TPSA) is 51.2 Å². The van der Waals surface area contributed by atoms with Crippen LogP contribution in [-0.2, 0) is 0 Å². The number of anilines is 1. The second-order valence-corrected chi connectivity index (χ2v) is 4.31. The first kappa shape index (κ1) is 10.8. The third kappa shape index (κ3) is 1.62. The molecule has 4 heteroatoms. The van der Waals surface area contributed by atoms with E-state index in [2.05, 4.69) is 10.3 Å². The molecule has 1 N–H and O–H groups in total. The highest BCUT2D eigenvalue weighted by Gasteiger charge is 2.22. The van der Waals surface area contributed by atoms with E-state index in [1.165, 1.54) is 0 Å². The minimum absolute atomic E-state index is 0.168. The average molecular weight is 240 g/mol. The largest absolute Gasteiger partial charge is 0.436 e. The van der Waals surface area contributed by atoms with Gasteiger partial charge in [-0.05, 0) is 37.6 Å². The molecule has 0 radical (unpaired) electrons. The quantitative estimate of drug-likeness (QED) is 0.770. The summed E-state index contributed by atoms with van der Waals surface area (Å²) in [5.74, 6) is 0.815. The smallest absolute Gasteiger partial charge is 0.259 e. The number of ether oxygens (including phenoxy) is 1. The number of nitrogens with zero attached hydrogens (tertiary/aromatic N) is 1. The molecule has 0 saturated carbocycles. The number of fused-ring (bicyclic) bond motifs is 2. The molecule has 0 fully saturated rings. The number of carbonyl (C=O) groups is 1. The Hall–Kier alpha value is -2.36. The summed E-state index contributed by atoms with van der Waals surface area (Å²) in [4.78, 5) is 16.4. The molecule has 18 heavy (non-hydrogen) atoms. The number of benzene rings is 1. The molecule has 2 heterocycles. The molecule has 2 aromatic rings.